The lowest BCUT2D eigenvalue weighted by Crippen LogP contribution is -2.23. The van der Waals surface area contributed by atoms with Crippen molar-refractivity contribution in [3.8, 4) is 0 Å². The van der Waals surface area contributed by atoms with E-state index in [1.54, 1.807) is 0 Å². The van der Waals surface area contributed by atoms with Gasteiger partial charge in [-0.2, -0.15) is 0 Å². The first-order chi connectivity index (χ1) is 8.44. The molecular formula is C14H21N3S. The van der Waals surface area contributed by atoms with Crippen LogP contribution in [0.4, 0.5) is 5.82 Å². The minimum absolute atomic E-state index is 0.402. The molecule has 3 nitrogen and oxygen atoms in total. The summed E-state index contributed by atoms with van der Waals surface area (Å²) in [6.07, 6.45) is 2.60. The predicted octanol–water partition coefficient (Wildman–Crippen LogP) is 2.87. The van der Waals surface area contributed by atoms with Crippen LogP contribution >= 0.6 is 12.2 Å². The smallest absolute Gasteiger partial charge is 0.136 e. The molecule has 1 fully saturated rings. The quantitative estimate of drug-likeness (QED) is 0.802. The highest BCUT2D eigenvalue weighted by molar-refractivity contribution is 7.80. The molecule has 0 unspecified atom stereocenters. The average Bonchev–Trinajstić information content (AvgIpc) is 3.07. The molecule has 1 saturated carbocycles. The minimum Gasteiger partial charge on any atom is -0.389 e. The van der Waals surface area contributed by atoms with Crippen LogP contribution in [-0.2, 0) is 0 Å². The number of nitrogens with one attached hydrogen (secondary N) is 1. The summed E-state index contributed by atoms with van der Waals surface area (Å²) in [4.78, 5) is 4.91. The number of hydrogen-bond donors (Lipinski definition) is 2. The third-order valence-corrected chi connectivity index (χ3v) is 4.24. The highest BCUT2D eigenvalue weighted by Crippen LogP contribution is 2.51. The molecule has 0 spiro atoms. The lowest BCUT2D eigenvalue weighted by molar-refractivity contribution is 0.380. The molecule has 0 saturated heterocycles. The van der Waals surface area contributed by atoms with Gasteiger partial charge in [-0.05, 0) is 43.2 Å². The summed E-state index contributed by atoms with van der Waals surface area (Å²) < 4.78 is 0. The van der Waals surface area contributed by atoms with Crippen molar-refractivity contribution in [1.29, 1.82) is 0 Å². The Hall–Kier alpha value is -1.16. The number of nitrogens with zero attached hydrogens (tertiary/aromatic N) is 1. The fraction of sp³-hybridized carbons (Fsp3) is 0.571. The van der Waals surface area contributed by atoms with Crippen molar-refractivity contribution in [3.63, 3.8) is 0 Å². The van der Waals surface area contributed by atoms with Crippen molar-refractivity contribution in [1.82, 2.24) is 4.98 Å². The van der Waals surface area contributed by atoms with Crippen LogP contribution in [0.2, 0.25) is 0 Å². The Morgan fingerprint density at radius 3 is 2.67 bits per heavy atom. The third kappa shape index (κ3) is 2.64. The summed E-state index contributed by atoms with van der Waals surface area (Å²) in [5, 5.41) is 3.44. The van der Waals surface area contributed by atoms with E-state index < -0.39 is 0 Å². The van der Waals surface area contributed by atoms with Gasteiger partial charge in [-0.3, -0.25) is 0 Å². The molecule has 1 aromatic rings. The van der Waals surface area contributed by atoms with Gasteiger partial charge in [-0.1, -0.05) is 26.1 Å². The third-order valence-electron chi connectivity index (χ3n) is 4.02. The number of rotatable bonds is 5. The molecule has 98 valence electrons. The van der Waals surface area contributed by atoms with E-state index in [-0.39, 0.29) is 0 Å². The molecular weight excluding hydrogens is 242 g/mol. The summed E-state index contributed by atoms with van der Waals surface area (Å²) in [7, 11) is 0. The fourth-order valence-electron chi connectivity index (χ4n) is 2.27. The topological polar surface area (TPSA) is 50.9 Å². The Bertz CT molecular complexity index is 464. The summed E-state index contributed by atoms with van der Waals surface area (Å²) in [5.41, 5.74) is 8.00. The van der Waals surface area contributed by atoms with Gasteiger partial charge >= 0.3 is 0 Å². The normalized spacial score (nSPS) is 16.7. The van der Waals surface area contributed by atoms with Gasteiger partial charge in [0.1, 0.15) is 10.8 Å². The molecule has 0 atom stereocenters. The van der Waals surface area contributed by atoms with Gasteiger partial charge in [0.25, 0.3) is 0 Å². The van der Waals surface area contributed by atoms with Crippen molar-refractivity contribution in [3.05, 3.63) is 23.4 Å². The number of pyridine rings is 1. The van der Waals surface area contributed by atoms with Crippen LogP contribution in [0.15, 0.2) is 12.1 Å². The molecule has 1 aliphatic rings. The van der Waals surface area contributed by atoms with E-state index in [2.05, 4.69) is 24.1 Å². The minimum atomic E-state index is 0.402. The second-order valence-corrected chi connectivity index (χ2v) is 6.02. The highest BCUT2D eigenvalue weighted by atomic mass is 32.1. The summed E-state index contributed by atoms with van der Waals surface area (Å²) >= 11 is 5.07. The first-order valence-corrected chi connectivity index (χ1v) is 6.87. The summed E-state index contributed by atoms with van der Waals surface area (Å²) in [5.74, 6) is 1.53. The van der Waals surface area contributed by atoms with E-state index in [1.165, 1.54) is 12.8 Å². The molecule has 1 aliphatic carbocycles. The Morgan fingerprint density at radius 2 is 2.17 bits per heavy atom. The lowest BCUT2D eigenvalue weighted by atomic mass is 9.92. The van der Waals surface area contributed by atoms with Gasteiger partial charge in [0, 0.05) is 12.2 Å². The average molecular weight is 263 g/mol. The maximum absolute atomic E-state index is 5.73. The van der Waals surface area contributed by atoms with Crippen LogP contribution < -0.4 is 11.1 Å². The number of hydrogen-bond acceptors (Lipinski definition) is 3. The van der Waals surface area contributed by atoms with E-state index in [0.29, 0.717) is 16.3 Å². The molecule has 1 heterocycles. The molecule has 18 heavy (non-hydrogen) atoms. The van der Waals surface area contributed by atoms with E-state index in [4.69, 9.17) is 18.0 Å². The van der Waals surface area contributed by atoms with Crippen LogP contribution in [0.1, 0.15) is 37.9 Å². The van der Waals surface area contributed by atoms with Crippen LogP contribution in [0.25, 0.3) is 0 Å². The van der Waals surface area contributed by atoms with E-state index in [9.17, 15) is 0 Å². The van der Waals surface area contributed by atoms with E-state index in [1.807, 2.05) is 19.1 Å². The highest BCUT2D eigenvalue weighted by Gasteiger charge is 2.45. The van der Waals surface area contributed by atoms with Crippen molar-refractivity contribution in [2.45, 2.75) is 33.6 Å². The molecule has 2 rings (SSSR count). The number of aromatic nitrogens is 1. The number of thiocarbonyl (C=S) groups is 1. The van der Waals surface area contributed by atoms with Crippen molar-refractivity contribution < 1.29 is 0 Å². The number of anilines is 1. The Morgan fingerprint density at radius 1 is 1.50 bits per heavy atom. The van der Waals surface area contributed by atoms with E-state index in [0.717, 1.165) is 23.6 Å². The fourth-order valence-corrected chi connectivity index (χ4v) is 2.43. The largest absolute Gasteiger partial charge is 0.389 e. The van der Waals surface area contributed by atoms with Crippen molar-refractivity contribution in [2.75, 3.05) is 11.9 Å². The Balaban J connectivity index is 2.14. The SMILES string of the molecule is Cc1ccc(C(N)=S)c(NCC2(C(C)C)CC2)n1. The number of nitrogens with two attached hydrogens (primary N) is 1. The molecule has 3 N–H and O–H groups in total. The zero-order chi connectivity index (χ0) is 13.3. The van der Waals surface area contributed by atoms with Crippen molar-refractivity contribution >= 4 is 23.0 Å². The molecule has 0 aliphatic heterocycles. The van der Waals surface area contributed by atoms with Gasteiger partial charge in [-0.25, -0.2) is 4.98 Å². The van der Waals surface area contributed by atoms with Gasteiger partial charge in [0.2, 0.25) is 0 Å². The Labute approximate surface area is 114 Å². The molecule has 0 aromatic carbocycles. The van der Waals surface area contributed by atoms with E-state index >= 15 is 0 Å². The lowest BCUT2D eigenvalue weighted by Gasteiger charge is -2.21. The first-order valence-electron chi connectivity index (χ1n) is 6.46. The number of aryl methyl sites for hydroxylation is 1. The van der Waals surface area contributed by atoms with Crippen molar-refractivity contribution in [2.24, 2.45) is 17.1 Å². The molecule has 0 radical (unpaired) electrons. The van der Waals surface area contributed by atoms with Gasteiger partial charge < -0.3 is 11.1 Å². The summed E-state index contributed by atoms with van der Waals surface area (Å²) in [6, 6.07) is 3.89. The standard InChI is InChI=1S/C14H21N3S/c1-9(2)14(6-7-14)8-16-13-11(12(15)18)5-4-10(3)17-13/h4-5,9H,6-8H2,1-3H3,(H2,15,18)(H,16,17). The van der Waals surface area contributed by atoms with Gasteiger partial charge in [0.05, 0.1) is 5.56 Å². The maximum Gasteiger partial charge on any atom is 0.136 e. The monoisotopic (exact) mass is 263 g/mol. The first kappa shape index (κ1) is 13.3. The van der Waals surface area contributed by atoms with Gasteiger partial charge in [0.15, 0.2) is 0 Å². The second-order valence-electron chi connectivity index (χ2n) is 5.58. The molecule has 0 bridgehead atoms. The molecule has 1 aromatic heterocycles. The zero-order valence-electron chi connectivity index (χ0n) is 11.3. The Kier molecular flexibility index (Phi) is 3.57. The van der Waals surface area contributed by atoms with Crippen LogP contribution in [0.5, 0.6) is 0 Å². The molecule has 4 heteroatoms. The second kappa shape index (κ2) is 4.84. The van der Waals surface area contributed by atoms with Crippen LogP contribution in [-0.4, -0.2) is 16.5 Å². The summed E-state index contributed by atoms with van der Waals surface area (Å²) in [6.45, 7) is 7.50. The van der Waals surface area contributed by atoms with Crippen LogP contribution in [0, 0.1) is 18.3 Å². The molecule has 0 amide bonds. The predicted molar refractivity (Wildman–Crippen MR) is 79.9 cm³/mol. The maximum atomic E-state index is 5.73. The zero-order valence-corrected chi connectivity index (χ0v) is 12.1. The van der Waals surface area contributed by atoms with Crippen LogP contribution in [0.3, 0.4) is 0 Å². The van der Waals surface area contributed by atoms with Gasteiger partial charge in [-0.15, -0.1) is 0 Å².